The molecule has 0 aliphatic carbocycles. The van der Waals surface area contributed by atoms with Crippen molar-refractivity contribution in [3.05, 3.63) is 23.0 Å². The van der Waals surface area contributed by atoms with Gasteiger partial charge >= 0.3 is 0 Å². The van der Waals surface area contributed by atoms with E-state index in [1.54, 1.807) is 17.9 Å². The molecule has 0 spiro atoms. The van der Waals surface area contributed by atoms with Gasteiger partial charge in [0.05, 0.1) is 25.9 Å². The molecule has 0 aliphatic rings. The smallest absolute Gasteiger partial charge is 0.278 e. The van der Waals surface area contributed by atoms with Crippen molar-refractivity contribution in [2.75, 3.05) is 19.5 Å². The predicted molar refractivity (Wildman–Crippen MR) is 73.1 cm³/mol. The third kappa shape index (κ3) is 3.52. The van der Waals surface area contributed by atoms with Crippen LogP contribution in [-0.4, -0.2) is 50.2 Å². The van der Waals surface area contributed by atoms with E-state index in [2.05, 4.69) is 15.0 Å². The summed E-state index contributed by atoms with van der Waals surface area (Å²) in [6.45, 7) is 3.79. The van der Waals surface area contributed by atoms with Gasteiger partial charge in [-0.1, -0.05) is 0 Å². The highest BCUT2D eigenvalue weighted by atomic mass is 31.2. The van der Waals surface area contributed by atoms with E-state index in [4.69, 9.17) is 0 Å². The number of aliphatic hydroxyl groups excluding tert-OH is 1. The van der Waals surface area contributed by atoms with Crippen LogP contribution in [-0.2, 0) is 11.1 Å². The summed E-state index contributed by atoms with van der Waals surface area (Å²) in [5, 5.41) is 9.82. The van der Waals surface area contributed by atoms with Crippen LogP contribution in [0.4, 0.5) is 0 Å². The van der Waals surface area contributed by atoms with Gasteiger partial charge in [0.15, 0.2) is 11.2 Å². The van der Waals surface area contributed by atoms with Gasteiger partial charge in [-0.25, -0.2) is 9.97 Å². The van der Waals surface area contributed by atoms with Crippen molar-refractivity contribution >= 4 is 18.3 Å². The van der Waals surface area contributed by atoms with Crippen LogP contribution in [0.1, 0.15) is 6.42 Å². The van der Waals surface area contributed by atoms with E-state index in [9.17, 15) is 14.5 Å². The number of nitrogens with one attached hydrogen (secondary N) is 1. The maximum Gasteiger partial charge on any atom is 0.278 e. The Balaban J connectivity index is 2.09. The number of rotatable bonds is 5. The quantitative estimate of drug-likeness (QED) is 0.778. The molecule has 0 saturated heterocycles. The average molecular weight is 284 g/mol. The lowest BCUT2D eigenvalue weighted by Gasteiger charge is -2.13. The van der Waals surface area contributed by atoms with Gasteiger partial charge < -0.3 is 19.2 Å². The van der Waals surface area contributed by atoms with Crippen LogP contribution in [0.2, 0.25) is 0 Å². The number of hydrogen-bond donors (Lipinski definition) is 2. The molecular formula is C11H17N4O3P. The molecule has 2 heterocycles. The highest BCUT2D eigenvalue weighted by Crippen LogP contribution is 2.36. The summed E-state index contributed by atoms with van der Waals surface area (Å²) in [7, 11) is -2.23. The Hall–Kier alpha value is -1.46. The molecule has 2 aromatic rings. The number of aromatic amines is 1. The highest BCUT2D eigenvalue weighted by molar-refractivity contribution is 7.62. The lowest BCUT2D eigenvalue weighted by atomic mass is 10.3. The van der Waals surface area contributed by atoms with Crippen LogP contribution in [0.3, 0.4) is 0 Å². The first-order chi connectivity index (χ1) is 8.87. The number of fused-ring (bicyclic) bond motifs is 1. The summed E-state index contributed by atoms with van der Waals surface area (Å²) in [5.41, 5.74) is 0.497. The molecule has 0 saturated carbocycles. The molecule has 0 bridgehead atoms. The first kappa shape index (κ1) is 14.0. The van der Waals surface area contributed by atoms with Gasteiger partial charge in [-0.2, -0.15) is 0 Å². The highest BCUT2D eigenvalue weighted by Gasteiger charge is 2.15. The Morgan fingerprint density at radius 2 is 2.21 bits per heavy atom. The van der Waals surface area contributed by atoms with E-state index < -0.39 is 13.2 Å². The second-order valence-electron chi connectivity index (χ2n) is 5.04. The predicted octanol–water partition coefficient (Wildman–Crippen LogP) is 0.493. The Morgan fingerprint density at radius 3 is 2.89 bits per heavy atom. The van der Waals surface area contributed by atoms with Gasteiger partial charge in [0.2, 0.25) is 0 Å². The number of aliphatic hydroxyl groups is 1. The average Bonchev–Trinajstić information content (AvgIpc) is 2.69. The molecule has 2 rings (SSSR count). The standard InChI is InChI=1S/C11H17N4O3P/c1-19(2,18)5-8(16)3-4-15-7-14-9-10(15)12-6-13-11(9)17/h6-8,16H,3-5H2,1-2H3,(H,12,13,17)/t8-/m1/s1. The molecule has 0 fully saturated rings. The molecule has 19 heavy (non-hydrogen) atoms. The molecular weight excluding hydrogens is 267 g/mol. The molecule has 0 unspecified atom stereocenters. The summed E-state index contributed by atoms with van der Waals surface area (Å²) < 4.78 is 13.3. The topological polar surface area (TPSA) is 101 Å². The Kier molecular flexibility index (Phi) is 3.87. The number of aryl methyl sites for hydroxylation is 1. The van der Waals surface area contributed by atoms with Crippen molar-refractivity contribution in [3.8, 4) is 0 Å². The van der Waals surface area contributed by atoms with Crippen molar-refractivity contribution in [2.45, 2.75) is 19.1 Å². The number of imidazole rings is 1. The van der Waals surface area contributed by atoms with Crippen molar-refractivity contribution in [3.63, 3.8) is 0 Å². The van der Waals surface area contributed by atoms with Gasteiger partial charge in [-0.3, -0.25) is 4.79 Å². The van der Waals surface area contributed by atoms with E-state index in [0.29, 0.717) is 24.8 Å². The third-order valence-corrected chi connectivity index (χ3v) is 4.06. The first-order valence-electron chi connectivity index (χ1n) is 5.97. The van der Waals surface area contributed by atoms with Gasteiger partial charge in [-0.15, -0.1) is 0 Å². The minimum Gasteiger partial charge on any atom is -0.393 e. The summed E-state index contributed by atoms with van der Waals surface area (Å²) >= 11 is 0. The monoisotopic (exact) mass is 284 g/mol. The van der Waals surface area contributed by atoms with Gasteiger partial charge in [0.25, 0.3) is 5.56 Å². The fourth-order valence-electron chi connectivity index (χ4n) is 1.94. The van der Waals surface area contributed by atoms with E-state index in [1.807, 2.05) is 0 Å². The van der Waals surface area contributed by atoms with E-state index in [1.165, 1.54) is 12.7 Å². The number of hydrogen-bond acceptors (Lipinski definition) is 5. The molecule has 104 valence electrons. The molecule has 0 radical (unpaired) electrons. The van der Waals surface area contributed by atoms with E-state index >= 15 is 0 Å². The zero-order valence-electron chi connectivity index (χ0n) is 10.9. The number of aromatic nitrogens is 4. The molecule has 0 amide bonds. The maximum absolute atomic E-state index is 11.6. The van der Waals surface area contributed by atoms with Crippen LogP contribution < -0.4 is 5.56 Å². The van der Waals surface area contributed by atoms with Crippen molar-refractivity contribution in [1.82, 2.24) is 19.5 Å². The number of nitrogens with zero attached hydrogens (tertiary/aromatic N) is 3. The number of H-pyrrole nitrogens is 1. The fourth-order valence-corrected chi connectivity index (χ4v) is 3.14. The van der Waals surface area contributed by atoms with Gasteiger partial charge in [0, 0.05) is 12.7 Å². The largest absolute Gasteiger partial charge is 0.393 e. The zero-order valence-corrected chi connectivity index (χ0v) is 11.8. The van der Waals surface area contributed by atoms with Crippen LogP contribution in [0.15, 0.2) is 17.4 Å². The first-order valence-corrected chi connectivity index (χ1v) is 8.76. The molecule has 8 heteroatoms. The van der Waals surface area contributed by atoms with E-state index in [0.717, 1.165) is 0 Å². The molecule has 7 nitrogen and oxygen atoms in total. The van der Waals surface area contributed by atoms with Crippen molar-refractivity contribution in [2.24, 2.45) is 0 Å². The Morgan fingerprint density at radius 1 is 1.47 bits per heavy atom. The van der Waals surface area contributed by atoms with Crippen molar-refractivity contribution < 1.29 is 9.67 Å². The molecule has 0 aromatic carbocycles. The summed E-state index contributed by atoms with van der Waals surface area (Å²) in [4.78, 5) is 22.0. The molecule has 2 N–H and O–H groups in total. The van der Waals surface area contributed by atoms with Crippen LogP contribution >= 0.6 is 7.14 Å². The third-order valence-electron chi connectivity index (χ3n) is 2.76. The summed E-state index contributed by atoms with van der Waals surface area (Å²) in [6, 6.07) is 0. The summed E-state index contributed by atoms with van der Waals surface area (Å²) in [5.74, 6) is 0. The molecule has 1 atom stereocenters. The summed E-state index contributed by atoms with van der Waals surface area (Å²) in [6.07, 6.45) is 2.97. The van der Waals surface area contributed by atoms with Gasteiger partial charge in [0.1, 0.15) is 0 Å². The molecule has 0 aliphatic heterocycles. The zero-order chi connectivity index (χ0) is 14.0. The SMILES string of the molecule is CP(C)(=O)C[C@H](O)CCn1cnc2c(=O)[nH]cnc21. The second-order valence-corrected chi connectivity index (χ2v) is 8.55. The van der Waals surface area contributed by atoms with E-state index in [-0.39, 0.29) is 11.1 Å². The second kappa shape index (κ2) is 5.27. The van der Waals surface area contributed by atoms with Gasteiger partial charge in [-0.05, 0) is 19.8 Å². The normalized spacial score (nSPS) is 13.8. The maximum atomic E-state index is 11.6. The van der Waals surface area contributed by atoms with Crippen LogP contribution in [0.25, 0.3) is 11.2 Å². The van der Waals surface area contributed by atoms with Crippen LogP contribution in [0, 0.1) is 0 Å². The van der Waals surface area contributed by atoms with Crippen LogP contribution in [0.5, 0.6) is 0 Å². The minimum absolute atomic E-state index is 0.282. The minimum atomic E-state index is -2.23. The lowest BCUT2D eigenvalue weighted by molar-refractivity contribution is 0.180. The lowest BCUT2D eigenvalue weighted by Crippen LogP contribution is -2.15. The Labute approximate surface area is 110 Å². The molecule has 2 aromatic heterocycles. The van der Waals surface area contributed by atoms with Crippen molar-refractivity contribution in [1.29, 1.82) is 0 Å². The Bertz CT molecular complexity index is 672. The fraction of sp³-hybridized carbons (Fsp3) is 0.545.